The molecule has 3 rings (SSSR count). The molecule has 1 aliphatic rings. The second-order valence-electron chi connectivity index (χ2n) is 4.43. The Balaban J connectivity index is 2.00. The lowest BCUT2D eigenvalue weighted by Gasteiger charge is -2.28. The number of aromatic nitrogens is 1. The first-order valence-corrected chi connectivity index (χ1v) is 7.36. The summed E-state index contributed by atoms with van der Waals surface area (Å²) in [5, 5.41) is 6.34. The highest BCUT2D eigenvalue weighted by Gasteiger charge is 2.26. The zero-order chi connectivity index (χ0) is 13.2. The molecule has 1 atom stereocenters. The third-order valence-corrected chi connectivity index (χ3v) is 4.27. The molecule has 0 spiro atoms. The van der Waals surface area contributed by atoms with Gasteiger partial charge in [0.25, 0.3) is 0 Å². The van der Waals surface area contributed by atoms with Crippen LogP contribution in [0.5, 0.6) is 0 Å². The second-order valence-corrected chi connectivity index (χ2v) is 5.71. The van der Waals surface area contributed by atoms with Gasteiger partial charge in [-0.1, -0.05) is 11.6 Å². The maximum atomic E-state index is 13.3. The minimum atomic E-state index is -0.394. The molecule has 0 bridgehead atoms. The molecule has 19 heavy (non-hydrogen) atoms. The Kier molecular flexibility index (Phi) is 3.68. The highest BCUT2D eigenvalue weighted by molar-refractivity contribution is 7.13. The van der Waals surface area contributed by atoms with Crippen LogP contribution in [0.2, 0.25) is 5.02 Å². The van der Waals surface area contributed by atoms with E-state index in [9.17, 15) is 4.39 Å². The van der Waals surface area contributed by atoms with Crippen LogP contribution in [0.4, 0.5) is 15.2 Å². The summed E-state index contributed by atoms with van der Waals surface area (Å²) in [7, 11) is 0. The number of thiazole rings is 1. The molecule has 0 saturated carbocycles. The molecule has 0 radical (unpaired) electrons. The number of rotatable bonds is 3. The third-order valence-electron chi connectivity index (χ3n) is 3.21. The van der Waals surface area contributed by atoms with Crippen LogP contribution >= 0.6 is 22.9 Å². The van der Waals surface area contributed by atoms with Gasteiger partial charge in [0, 0.05) is 23.8 Å². The van der Waals surface area contributed by atoms with Crippen LogP contribution in [-0.2, 0) is 0 Å². The van der Waals surface area contributed by atoms with Crippen LogP contribution in [0.25, 0.3) is 0 Å². The van der Waals surface area contributed by atoms with Gasteiger partial charge >= 0.3 is 0 Å². The predicted molar refractivity (Wildman–Crippen MR) is 76.9 cm³/mol. The van der Waals surface area contributed by atoms with E-state index in [1.165, 1.54) is 6.07 Å². The van der Waals surface area contributed by atoms with E-state index >= 15 is 0 Å². The van der Waals surface area contributed by atoms with Crippen molar-refractivity contribution in [3.63, 3.8) is 0 Å². The van der Waals surface area contributed by atoms with Gasteiger partial charge in [-0.15, -0.1) is 11.3 Å². The van der Waals surface area contributed by atoms with Crippen molar-refractivity contribution in [2.45, 2.75) is 12.5 Å². The average molecular weight is 298 g/mol. The summed E-state index contributed by atoms with van der Waals surface area (Å²) < 4.78 is 13.3. The van der Waals surface area contributed by atoms with Crippen molar-refractivity contribution in [1.82, 2.24) is 10.3 Å². The molecule has 1 saturated heterocycles. The lowest BCUT2D eigenvalue weighted by molar-refractivity contribution is 0.627. The minimum absolute atomic E-state index is 0.144. The van der Waals surface area contributed by atoms with Gasteiger partial charge in [-0.25, -0.2) is 9.37 Å². The number of halogens is 2. The topological polar surface area (TPSA) is 28.2 Å². The second kappa shape index (κ2) is 5.45. The van der Waals surface area contributed by atoms with Crippen LogP contribution in [0.15, 0.2) is 29.8 Å². The zero-order valence-electron chi connectivity index (χ0n) is 10.1. The number of hydrogen-bond donors (Lipinski definition) is 1. The van der Waals surface area contributed by atoms with E-state index in [0.29, 0.717) is 6.04 Å². The molecule has 1 aromatic heterocycles. The van der Waals surface area contributed by atoms with Gasteiger partial charge in [-0.05, 0) is 31.2 Å². The smallest absolute Gasteiger partial charge is 0.190 e. The molecule has 2 aromatic rings. The van der Waals surface area contributed by atoms with Crippen molar-refractivity contribution in [2.24, 2.45) is 0 Å². The minimum Gasteiger partial charge on any atom is -0.315 e. The van der Waals surface area contributed by atoms with Gasteiger partial charge in [0.15, 0.2) is 5.13 Å². The maximum absolute atomic E-state index is 13.3. The molecular formula is C13H13ClFN3S. The van der Waals surface area contributed by atoms with Gasteiger partial charge in [-0.3, -0.25) is 0 Å². The Morgan fingerprint density at radius 2 is 2.37 bits per heavy atom. The molecule has 6 heteroatoms. The Morgan fingerprint density at radius 1 is 1.47 bits per heavy atom. The van der Waals surface area contributed by atoms with Crippen LogP contribution in [0.1, 0.15) is 6.42 Å². The van der Waals surface area contributed by atoms with Crippen molar-refractivity contribution in [3.05, 3.63) is 40.6 Å². The van der Waals surface area contributed by atoms with Gasteiger partial charge < -0.3 is 10.2 Å². The van der Waals surface area contributed by atoms with E-state index in [2.05, 4.69) is 15.2 Å². The van der Waals surface area contributed by atoms with Crippen LogP contribution in [0.3, 0.4) is 0 Å². The fourth-order valence-electron chi connectivity index (χ4n) is 2.31. The fraction of sp³-hybridized carbons (Fsp3) is 0.308. The van der Waals surface area contributed by atoms with Gasteiger partial charge in [0.2, 0.25) is 0 Å². The maximum Gasteiger partial charge on any atom is 0.190 e. The first kappa shape index (κ1) is 12.8. The standard InChI is InChI=1S/C13H13ClFN3S/c14-11-7-9(1-2-12(11)15)18(10-3-4-16-8-10)13-17-5-6-19-13/h1-2,5-7,10,16H,3-4,8H2. The molecule has 0 amide bonds. The molecule has 100 valence electrons. The number of nitrogens with one attached hydrogen (secondary N) is 1. The summed E-state index contributed by atoms with van der Waals surface area (Å²) in [6.45, 7) is 1.88. The molecule has 1 aliphatic heterocycles. The van der Waals surface area contributed by atoms with E-state index in [1.54, 1.807) is 29.7 Å². The number of anilines is 2. The molecular weight excluding hydrogens is 285 g/mol. The highest BCUT2D eigenvalue weighted by atomic mass is 35.5. The van der Waals surface area contributed by atoms with Crippen LogP contribution in [-0.4, -0.2) is 24.1 Å². The van der Waals surface area contributed by atoms with Crippen LogP contribution < -0.4 is 10.2 Å². The van der Waals surface area contributed by atoms with Gasteiger partial charge in [0.1, 0.15) is 5.82 Å². The summed E-state index contributed by atoms with van der Waals surface area (Å²) in [4.78, 5) is 6.50. The monoisotopic (exact) mass is 297 g/mol. The molecule has 1 unspecified atom stereocenters. The van der Waals surface area contributed by atoms with Crippen molar-refractivity contribution in [2.75, 3.05) is 18.0 Å². The van der Waals surface area contributed by atoms with Gasteiger partial charge in [0.05, 0.1) is 11.1 Å². The average Bonchev–Trinajstić information content (AvgIpc) is 3.07. The van der Waals surface area contributed by atoms with Gasteiger partial charge in [-0.2, -0.15) is 0 Å². The molecule has 0 aliphatic carbocycles. The number of benzene rings is 1. The Labute approximate surface area is 120 Å². The van der Waals surface area contributed by atoms with E-state index in [1.807, 2.05) is 5.38 Å². The summed E-state index contributed by atoms with van der Waals surface area (Å²) in [6, 6.07) is 5.14. The quantitative estimate of drug-likeness (QED) is 0.941. The summed E-state index contributed by atoms with van der Waals surface area (Å²) in [5.41, 5.74) is 0.884. The predicted octanol–water partition coefficient (Wildman–Crippen LogP) is 3.44. The molecule has 2 heterocycles. The lowest BCUT2D eigenvalue weighted by Crippen LogP contribution is -2.32. The Morgan fingerprint density at radius 3 is 3.00 bits per heavy atom. The third kappa shape index (κ3) is 2.59. The SMILES string of the molecule is Fc1ccc(N(c2nccs2)C2CCNC2)cc1Cl. The largest absolute Gasteiger partial charge is 0.315 e. The van der Waals surface area contributed by atoms with Crippen molar-refractivity contribution in [3.8, 4) is 0 Å². The lowest BCUT2D eigenvalue weighted by atomic mass is 10.2. The summed E-state index contributed by atoms with van der Waals surface area (Å²) in [6.07, 6.45) is 2.81. The van der Waals surface area contributed by atoms with Crippen molar-refractivity contribution >= 4 is 33.8 Å². The number of hydrogen-bond acceptors (Lipinski definition) is 4. The fourth-order valence-corrected chi connectivity index (χ4v) is 3.21. The zero-order valence-corrected chi connectivity index (χ0v) is 11.7. The first-order chi connectivity index (χ1) is 9.25. The first-order valence-electron chi connectivity index (χ1n) is 6.10. The van der Waals surface area contributed by atoms with E-state index in [-0.39, 0.29) is 5.02 Å². The summed E-state index contributed by atoms with van der Waals surface area (Å²) in [5.74, 6) is -0.394. The Bertz CT molecular complexity index is 555. The Hall–Kier alpha value is -1.17. The molecule has 3 nitrogen and oxygen atoms in total. The van der Waals surface area contributed by atoms with Crippen molar-refractivity contribution < 1.29 is 4.39 Å². The van der Waals surface area contributed by atoms with E-state index in [0.717, 1.165) is 30.3 Å². The molecule has 1 fully saturated rings. The molecule has 1 N–H and O–H groups in total. The summed E-state index contributed by atoms with van der Waals surface area (Å²) >= 11 is 7.46. The number of nitrogens with zero attached hydrogens (tertiary/aromatic N) is 2. The van der Waals surface area contributed by atoms with E-state index in [4.69, 9.17) is 11.6 Å². The molecule has 1 aromatic carbocycles. The van der Waals surface area contributed by atoms with Crippen LogP contribution in [0, 0.1) is 5.82 Å². The van der Waals surface area contributed by atoms with Crippen molar-refractivity contribution in [1.29, 1.82) is 0 Å². The highest BCUT2D eigenvalue weighted by Crippen LogP contribution is 2.33. The van der Waals surface area contributed by atoms with E-state index < -0.39 is 5.82 Å². The normalized spacial score (nSPS) is 18.7.